The number of carbonyl (C=O) groups excluding carboxylic acids is 2. The van der Waals surface area contributed by atoms with Crippen molar-refractivity contribution in [2.75, 3.05) is 20.2 Å². The Kier molecular flexibility index (Phi) is 6.52. The van der Waals surface area contributed by atoms with Gasteiger partial charge in [-0.1, -0.05) is 18.2 Å². The van der Waals surface area contributed by atoms with Gasteiger partial charge in [0.1, 0.15) is 11.6 Å². The number of amides is 2. The summed E-state index contributed by atoms with van der Waals surface area (Å²) in [6.07, 6.45) is 3.03. The highest BCUT2D eigenvalue weighted by Gasteiger charge is 2.13. The van der Waals surface area contributed by atoms with Crippen LogP contribution < -0.4 is 15.4 Å². The van der Waals surface area contributed by atoms with Crippen LogP contribution in [0, 0.1) is 5.82 Å². The second kappa shape index (κ2) is 9.45. The molecule has 2 amide bonds. The minimum Gasteiger partial charge on any atom is -0.497 e. The van der Waals surface area contributed by atoms with Gasteiger partial charge in [0.15, 0.2) is 0 Å². The first kappa shape index (κ1) is 20.0. The molecule has 2 aromatic carbocycles. The maximum Gasteiger partial charge on any atom is 0.254 e. The largest absolute Gasteiger partial charge is 0.497 e. The number of pyridine rings is 1. The Morgan fingerprint density at radius 2 is 1.66 bits per heavy atom. The van der Waals surface area contributed by atoms with E-state index in [1.807, 2.05) is 12.1 Å². The zero-order valence-corrected chi connectivity index (χ0v) is 15.8. The number of ether oxygens (including phenoxy) is 1. The molecule has 6 nitrogen and oxygen atoms in total. The summed E-state index contributed by atoms with van der Waals surface area (Å²) in [5, 5.41) is 5.26. The number of benzene rings is 2. The van der Waals surface area contributed by atoms with Crippen molar-refractivity contribution in [2.45, 2.75) is 0 Å². The maximum atomic E-state index is 14.4. The van der Waals surface area contributed by atoms with Gasteiger partial charge in [0, 0.05) is 25.5 Å². The van der Waals surface area contributed by atoms with E-state index in [1.165, 1.54) is 18.3 Å². The van der Waals surface area contributed by atoms with Crippen LogP contribution in [0.15, 0.2) is 67.0 Å². The Hall–Kier alpha value is -3.74. The molecule has 1 aromatic heterocycles. The number of halogens is 1. The average molecular weight is 393 g/mol. The van der Waals surface area contributed by atoms with Crippen LogP contribution in [0.1, 0.15) is 20.7 Å². The van der Waals surface area contributed by atoms with Crippen molar-refractivity contribution < 1.29 is 18.7 Å². The van der Waals surface area contributed by atoms with E-state index in [9.17, 15) is 14.0 Å². The number of methoxy groups -OCH3 is 1. The molecule has 0 aliphatic rings. The molecule has 0 fully saturated rings. The van der Waals surface area contributed by atoms with E-state index in [-0.39, 0.29) is 24.6 Å². The third kappa shape index (κ3) is 5.16. The van der Waals surface area contributed by atoms with Crippen LogP contribution in [0.4, 0.5) is 4.39 Å². The SMILES string of the molecule is COc1ccc(-c2ccc(C(=O)NCCNC(=O)c3cccnc3)c(F)c2)cc1. The second-order valence-corrected chi connectivity index (χ2v) is 6.18. The molecule has 148 valence electrons. The summed E-state index contributed by atoms with van der Waals surface area (Å²) in [7, 11) is 1.58. The van der Waals surface area contributed by atoms with Crippen LogP contribution in [0.25, 0.3) is 11.1 Å². The molecule has 0 spiro atoms. The lowest BCUT2D eigenvalue weighted by atomic mass is 10.0. The zero-order chi connectivity index (χ0) is 20.6. The first-order chi connectivity index (χ1) is 14.1. The minimum absolute atomic E-state index is 0.0548. The van der Waals surface area contributed by atoms with Gasteiger partial charge in [0.05, 0.1) is 18.2 Å². The van der Waals surface area contributed by atoms with Crippen molar-refractivity contribution in [3.05, 3.63) is 83.9 Å². The fraction of sp³-hybridized carbons (Fsp3) is 0.136. The van der Waals surface area contributed by atoms with E-state index in [1.54, 1.807) is 43.6 Å². The number of aromatic nitrogens is 1. The van der Waals surface area contributed by atoms with Gasteiger partial charge in [0.25, 0.3) is 11.8 Å². The van der Waals surface area contributed by atoms with Crippen molar-refractivity contribution in [3.8, 4) is 16.9 Å². The van der Waals surface area contributed by atoms with E-state index in [4.69, 9.17) is 4.74 Å². The smallest absolute Gasteiger partial charge is 0.254 e. The van der Waals surface area contributed by atoms with Gasteiger partial charge in [-0.25, -0.2) is 4.39 Å². The number of rotatable bonds is 7. The maximum absolute atomic E-state index is 14.4. The van der Waals surface area contributed by atoms with Gasteiger partial charge in [-0.2, -0.15) is 0 Å². The lowest BCUT2D eigenvalue weighted by Crippen LogP contribution is -2.35. The van der Waals surface area contributed by atoms with E-state index in [0.717, 1.165) is 5.56 Å². The van der Waals surface area contributed by atoms with Crippen molar-refractivity contribution in [2.24, 2.45) is 0 Å². The molecule has 0 aliphatic heterocycles. The van der Waals surface area contributed by atoms with E-state index >= 15 is 0 Å². The first-order valence-electron chi connectivity index (χ1n) is 8.99. The number of hydrogen-bond acceptors (Lipinski definition) is 4. The summed E-state index contributed by atoms with van der Waals surface area (Å²) in [5.41, 5.74) is 1.85. The molecule has 0 aliphatic carbocycles. The molecule has 0 radical (unpaired) electrons. The third-order valence-electron chi connectivity index (χ3n) is 4.26. The predicted octanol–water partition coefficient (Wildman–Crippen LogP) is 3.06. The second-order valence-electron chi connectivity index (χ2n) is 6.18. The summed E-state index contributed by atoms with van der Waals surface area (Å²) in [5.74, 6) is -0.738. The standard InChI is InChI=1S/C22H20FN3O3/c1-29-18-7-4-15(5-8-18)16-6-9-19(20(23)13-16)22(28)26-12-11-25-21(27)17-3-2-10-24-14-17/h2-10,13-14H,11-12H2,1H3,(H,25,27)(H,26,28). The highest BCUT2D eigenvalue weighted by Crippen LogP contribution is 2.24. The van der Waals surface area contributed by atoms with Crippen LogP contribution in [0.3, 0.4) is 0 Å². The lowest BCUT2D eigenvalue weighted by molar-refractivity contribution is 0.0925. The van der Waals surface area contributed by atoms with Gasteiger partial charge in [0.2, 0.25) is 0 Å². The molecule has 0 saturated carbocycles. The molecular formula is C22H20FN3O3. The van der Waals surface area contributed by atoms with Crippen LogP contribution in [-0.2, 0) is 0 Å². The number of nitrogens with one attached hydrogen (secondary N) is 2. The monoisotopic (exact) mass is 393 g/mol. The molecule has 0 atom stereocenters. The highest BCUT2D eigenvalue weighted by atomic mass is 19.1. The Morgan fingerprint density at radius 1 is 0.966 bits per heavy atom. The van der Waals surface area contributed by atoms with Crippen LogP contribution >= 0.6 is 0 Å². The van der Waals surface area contributed by atoms with Gasteiger partial charge >= 0.3 is 0 Å². The molecule has 29 heavy (non-hydrogen) atoms. The van der Waals surface area contributed by atoms with Crippen LogP contribution in [0.5, 0.6) is 5.75 Å². The number of nitrogens with zero attached hydrogens (tertiary/aromatic N) is 1. The van der Waals surface area contributed by atoms with Crippen LogP contribution in [0.2, 0.25) is 0 Å². The molecule has 0 unspecified atom stereocenters. The molecule has 1 heterocycles. The van der Waals surface area contributed by atoms with Gasteiger partial charge in [-0.05, 0) is 47.5 Å². The molecule has 7 heteroatoms. The average Bonchev–Trinajstić information content (AvgIpc) is 2.77. The molecule has 0 bridgehead atoms. The summed E-state index contributed by atoms with van der Waals surface area (Å²) < 4.78 is 19.5. The van der Waals surface area contributed by atoms with Crippen molar-refractivity contribution >= 4 is 11.8 Å². The Bertz CT molecular complexity index is 992. The quantitative estimate of drug-likeness (QED) is 0.605. The molecule has 0 saturated heterocycles. The highest BCUT2D eigenvalue weighted by molar-refractivity contribution is 5.95. The minimum atomic E-state index is -0.616. The van der Waals surface area contributed by atoms with Crippen molar-refractivity contribution in [1.29, 1.82) is 0 Å². The van der Waals surface area contributed by atoms with Gasteiger partial charge in [-0.3, -0.25) is 14.6 Å². The van der Waals surface area contributed by atoms with E-state index < -0.39 is 11.7 Å². The Morgan fingerprint density at radius 3 is 2.28 bits per heavy atom. The Balaban J connectivity index is 1.54. The van der Waals surface area contributed by atoms with E-state index in [2.05, 4.69) is 15.6 Å². The predicted molar refractivity (Wildman–Crippen MR) is 107 cm³/mol. The van der Waals surface area contributed by atoms with Gasteiger partial charge in [-0.15, -0.1) is 0 Å². The summed E-state index contributed by atoms with van der Waals surface area (Å²) in [4.78, 5) is 28.0. The first-order valence-corrected chi connectivity index (χ1v) is 8.99. The molecular weight excluding hydrogens is 373 g/mol. The summed E-state index contributed by atoms with van der Waals surface area (Å²) in [6.45, 7) is 0.384. The normalized spacial score (nSPS) is 10.3. The fourth-order valence-electron chi connectivity index (χ4n) is 2.71. The molecule has 3 rings (SSSR count). The fourth-order valence-corrected chi connectivity index (χ4v) is 2.71. The number of hydrogen-bond donors (Lipinski definition) is 2. The third-order valence-corrected chi connectivity index (χ3v) is 4.26. The van der Waals surface area contributed by atoms with E-state index in [0.29, 0.717) is 16.9 Å². The lowest BCUT2D eigenvalue weighted by Gasteiger charge is -2.09. The number of carbonyl (C=O) groups is 2. The van der Waals surface area contributed by atoms with Crippen LogP contribution in [-0.4, -0.2) is 37.0 Å². The summed E-state index contributed by atoms with van der Waals surface area (Å²) in [6, 6.07) is 15.0. The Labute approximate surface area is 167 Å². The topological polar surface area (TPSA) is 80.3 Å². The molecule has 2 N–H and O–H groups in total. The summed E-state index contributed by atoms with van der Waals surface area (Å²) >= 11 is 0. The van der Waals surface area contributed by atoms with Crippen molar-refractivity contribution in [3.63, 3.8) is 0 Å². The molecule has 3 aromatic rings. The zero-order valence-electron chi connectivity index (χ0n) is 15.8. The van der Waals surface area contributed by atoms with Gasteiger partial charge < -0.3 is 15.4 Å². The van der Waals surface area contributed by atoms with Crippen molar-refractivity contribution in [1.82, 2.24) is 15.6 Å².